The minimum Gasteiger partial charge on any atom is -0.322 e. The van der Waals surface area contributed by atoms with Gasteiger partial charge in [-0.2, -0.15) is 0 Å². The van der Waals surface area contributed by atoms with Gasteiger partial charge in [0.15, 0.2) is 0 Å². The number of thiophene rings is 1. The molecule has 3 aromatic rings. The van der Waals surface area contributed by atoms with E-state index in [-0.39, 0.29) is 11.8 Å². The normalized spacial score (nSPS) is 10.3. The zero-order chi connectivity index (χ0) is 17.8. The van der Waals surface area contributed by atoms with E-state index in [1.54, 1.807) is 30.3 Å². The molecule has 2 N–H and O–H groups in total. The summed E-state index contributed by atoms with van der Waals surface area (Å²) in [6, 6.07) is 15.8. The fourth-order valence-corrected chi connectivity index (χ4v) is 3.05. The van der Waals surface area contributed by atoms with Gasteiger partial charge < -0.3 is 10.6 Å². The number of para-hydroxylation sites is 1. The van der Waals surface area contributed by atoms with Crippen LogP contribution in [0.25, 0.3) is 0 Å². The lowest BCUT2D eigenvalue weighted by Gasteiger charge is -2.11. The predicted molar refractivity (Wildman–Crippen MR) is 103 cm³/mol. The van der Waals surface area contributed by atoms with E-state index in [1.807, 2.05) is 36.6 Å². The first kappa shape index (κ1) is 17.2. The van der Waals surface area contributed by atoms with Crippen LogP contribution < -0.4 is 10.6 Å². The second kappa shape index (κ2) is 7.51. The van der Waals surface area contributed by atoms with E-state index in [2.05, 4.69) is 10.6 Å². The van der Waals surface area contributed by atoms with Gasteiger partial charge in [-0.25, -0.2) is 0 Å². The van der Waals surface area contributed by atoms with Crippen LogP contribution in [0.1, 0.15) is 25.6 Å². The average Bonchev–Trinajstić information content (AvgIpc) is 3.13. The summed E-state index contributed by atoms with van der Waals surface area (Å²) < 4.78 is 0. The van der Waals surface area contributed by atoms with Gasteiger partial charge in [0, 0.05) is 11.3 Å². The molecule has 6 heteroatoms. The third kappa shape index (κ3) is 4.07. The summed E-state index contributed by atoms with van der Waals surface area (Å²) in [5, 5.41) is 7.80. The number of halogens is 1. The number of carbonyl (C=O) groups is 2. The van der Waals surface area contributed by atoms with Gasteiger partial charge in [-0.15, -0.1) is 11.3 Å². The minimum absolute atomic E-state index is 0.256. The van der Waals surface area contributed by atoms with E-state index in [0.717, 1.165) is 11.3 Å². The Kier molecular flexibility index (Phi) is 5.16. The van der Waals surface area contributed by atoms with Gasteiger partial charge in [0.2, 0.25) is 0 Å². The SMILES string of the molecule is Cc1ccccc1NC(=O)c1ccc(Cl)c(NC(=O)c2cccs2)c1. The molecule has 126 valence electrons. The first-order valence-electron chi connectivity index (χ1n) is 7.56. The first-order valence-corrected chi connectivity index (χ1v) is 8.82. The molecule has 0 unspecified atom stereocenters. The standard InChI is InChI=1S/C19H15ClN2O2S/c1-12-5-2-3-6-15(12)21-18(23)13-8-9-14(20)16(11-13)22-19(24)17-7-4-10-25-17/h2-11H,1H3,(H,21,23)(H,22,24). The van der Waals surface area contributed by atoms with Crippen LogP contribution in [-0.4, -0.2) is 11.8 Å². The summed E-state index contributed by atoms with van der Waals surface area (Å²) in [6.07, 6.45) is 0. The number of aryl methyl sites for hydroxylation is 1. The molecule has 0 aliphatic rings. The van der Waals surface area contributed by atoms with Crippen molar-refractivity contribution in [2.75, 3.05) is 10.6 Å². The van der Waals surface area contributed by atoms with Crippen LogP contribution in [0.4, 0.5) is 11.4 Å². The summed E-state index contributed by atoms with van der Waals surface area (Å²) in [5.41, 5.74) is 2.52. The Labute approximate surface area is 154 Å². The van der Waals surface area contributed by atoms with E-state index >= 15 is 0 Å². The molecule has 0 aliphatic carbocycles. The molecule has 0 saturated carbocycles. The number of rotatable bonds is 4. The lowest BCUT2D eigenvalue weighted by molar-refractivity contribution is 0.101. The molecule has 0 fully saturated rings. The van der Waals surface area contributed by atoms with Crippen LogP contribution in [0.2, 0.25) is 5.02 Å². The Morgan fingerprint density at radius 3 is 2.40 bits per heavy atom. The molecule has 0 saturated heterocycles. The Bertz CT molecular complexity index is 923. The van der Waals surface area contributed by atoms with Gasteiger partial charge in [-0.3, -0.25) is 9.59 Å². The number of hydrogen-bond donors (Lipinski definition) is 2. The Morgan fingerprint density at radius 1 is 0.920 bits per heavy atom. The molecule has 1 heterocycles. The molecular formula is C19H15ClN2O2S. The minimum atomic E-state index is -0.266. The number of hydrogen-bond acceptors (Lipinski definition) is 3. The zero-order valence-corrected chi connectivity index (χ0v) is 14.9. The fourth-order valence-electron chi connectivity index (χ4n) is 2.26. The number of anilines is 2. The molecule has 25 heavy (non-hydrogen) atoms. The number of carbonyl (C=O) groups excluding carboxylic acids is 2. The van der Waals surface area contributed by atoms with Crippen molar-refractivity contribution in [3.8, 4) is 0 Å². The molecule has 0 atom stereocenters. The van der Waals surface area contributed by atoms with Gasteiger partial charge in [0.05, 0.1) is 15.6 Å². The van der Waals surface area contributed by atoms with Crippen molar-refractivity contribution in [3.05, 3.63) is 81.0 Å². The summed E-state index contributed by atoms with van der Waals surface area (Å²) in [4.78, 5) is 25.2. The third-order valence-electron chi connectivity index (χ3n) is 3.61. The van der Waals surface area contributed by atoms with Gasteiger partial charge in [0.25, 0.3) is 11.8 Å². The topological polar surface area (TPSA) is 58.2 Å². The highest BCUT2D eigenvalue weighted by atomic mass is 35.5. The van der Waals surface area contributed by atoms with Crippen molar-refractivity contribution in [2.45, 2.75) is 6.92 Å². The summed E-state index contributed by atoms with van der Waals surface area (Å²) in [6.45, 7) is 1.92. The molecule has 0 bridgehead atoms. The largest absolute Gasteiger partial charge is 0.322 e. The van der Waals surface area contributed by atoms with Crippen molar-refractivity contribution >= 4 is 46.1 Å². The van der Waals surface area contributed by atoms with Crippen LogP contribution in [0, 0.1) is 6.92 Å². The highest BCUT2D eigenvalue weighted by Gasteiger charge is 2.13. The predicted octanol–water partition coefficient (Wildman–Crippen LogP) is 5.21. The molecule has 0 aliphatic heterocycles. The zero-order valence-electron chi connectivity index (χ0n) is 13.4. The van der Waals surface area contributed by atoms with E-state index in [1.165, 1.54) is 11.3 Å². The van der Waals surface area contributed by atoms with Gasteiger partial charge >= 0.3 is 0 Å². The molecule has 2 aromatic carbocycles. The quantitative estimate of drug-likeness (QED) is 0.661. The number of nitrogens with one attached hydrogen (secondary N) is 2. The molecule has 2 amide bonds. The first-order chi connectivity index (χ1) is 12.0. The average molecular weight is 371 g/mol. The molecule has 0 radical (unpaired) electrons. The lowest BCUT2D eigenvalue weighted by atomic mass is 10.1. The van der Waals surface area contributed by atoms with E-state index in [4.69, 9.17) is 11.6 Å². The van der Waals surface area contributed by atoms with Crippen LogP contribution in [0.15, 0.2) is 60.0 Å². The van der Waals surface area contributed by atoms with E-state index < -0.39 is 0 Å². The van der Waals surface area contributed by atoms with Crippen LogP contribution in [-0.2, 0) is 0 Å². The summed E-state index contributed by atoms with van der Waals surface area (Å²) >= 11 is 7.48. The molecule has 4 nitrogen and oxygen atoms in total. The summed E-state index contributed by atoms with van der Waals surface area (Å²) in [7, 11) is 0. The third-order valence-corrected chi connectivity index (χ3v) is 4.81. The molecule has 3 rings (SSSR count). The maximum absolute atomic E-state index is 12.5. The van der Waals surface area contributed by atoms with Crippen LogP contribution >= 0.6 is 22.9 Å². The lowest BCUT2D eigenvalue weighted by Crippen LogP contribution is -2.15. The number of benzene rings is 2. The highest BCUT2D eigenvalue weighted by molar-refractivity contribution is 7.12. The molecule has 0 spiro atoms. The van der Waals surface area contributed by atoms with Crippen molar-refractivity contribution in [1.29, 1.82) is 0 Å². The second-order valence-corrected chi connectivity index (χ2v) is 6.75. The summed E-state index contributed by atoms with van der Waals surface area (Å²) in [5.74, 6) is -0.522. The van der Waals surface area contributed by atoms with Crippen LogP contribution in [0.3, 0.4) is 0 Å². The Hall–Kier alpha value is -2.63. The van der Waals surface area contributed by atoms with Crippen molar-refractivity contribution in [1.82, 2.24) is 0 Å². The van der Waals surface area contributed by atoms with Gasteiger partial charge in [0.1, 0.15) is 0 Å². The fraction of sp³-hybridized carbons (Fsp3) is 0.0526. The van der Waals surface area contributed by atoms with Gasteiger partial charge in [-0.05, 0) is 48.2 Å². The van der Waals surface area contributed by atoms with Gasteiger partial charge in [-0.1, -0.05) is 35.9 Å². The maximum atomic E-state index is 12.5. The Balaban J connectivity index is 1.80. The van der Waals surface area contributed by atoms with E-state index in [0.29, 0.717) is 21.2 Å². The smallest absolute Gasteiger partial charge is 0.265 e. The van der Waals surface area contributed by atoms with Crippen molar-refractivity contribution in [2.24, 2.45) is 0 Å². The van der Waals surface area contributed by atoms with Crippen molar-refractivity contribution in [3.63, 3.8) is 0 Å². The second-order valence-electron chi connectivity index (χ2n) is 5.40. The monoisotopic (exact) mass is 370 g/mol. The molecular weight excluding hydrogens is 356 g/mol. The highest BCUT2D eigenvalue weighted by Crippen LogP contribution is 2.25. The number of amides is 2. The van der Waals surface area contributed by atoms with Crippen molar-refractivity contribution < 1.29 is 9.59 Å². The molecule has 1 aromatic heterocycles. The maximum Gasteiger partial charge on any atom is 0.265 e. The Morgan fingerprint density at radius 2 is 1.68 bits per heavy atom. The van der Waals surface area contributed by atoms with Crippen LogP contribution in [0.5, 0.6) is 0 Å². The van der Waals surface area contributed by atoms with E-state index in [9.17, 15) is 9.59 Å².